The number of rotatable bonds is 1. The van der Waals surface area contributed by atoms with E-state index >= 15 is 0 Å². The van der Waals surface area contributed by atoms with Gasteiger partial charge in [-0.05, 0) is 12.5 Å². The van der Waals surface area contributed by atoms with E-state index in [1.165, 1.54) is 6.26 Å². The van der Waals surface area contributed by atoms with Gasteiger partial charge in [-0.25, -0.2) is 0 Å². The Morgan fingerprint density at radius 3 is 2.60 bits per heavy atom. The molecule has 0 aromatic heterocycles. The fourth-order valence-electron chi connectivity index (χ4n) is 1.58. The smallest absolute Gasteiger partial charge is 0.194 e. The van der Waals surface area contributed by atoms with E-state index in [1.54, 1.807) is 6.92 Å². The van der Waals surface area contributed by atoms with Crippen molar-refractivity contribution in [1.82, 2.24) is 0 Å². The van der Waals surface area contributed by atoms with Crippen LogP contribution in [0.15, 0.2) is 42.2 Å². The van der Waals surface area contributed by atoms with E-state index in [0.717, 1.165) is 5.56 Å². The second-order valence-electron chi connectivity index (χ2n) is 3.58. The first-order chi connectivity index (χ1) is 7.20. The van der Waals surface area contributed by atoms with Crippen molar-refractivity contribution in [3.05, 3.63) is 47.7 Å². The number of ether oxygens (including phenoxy) is 1. The molecule has 1 aliphatic rings. The van der Waals surface area contributed by atoms with E-state index in [-0.39, 0.29) is 5.78 Å². The maximum atomic E-state index is 11.5. The zero-order valence-corrected chi connectivity index (χ0v) is 8.38. The summed E-state index contributed by atoms with van der Waals surface area (Å²) in [5.74, 6) is -0.268. The number of carbonyl (C=O) groups excluding carboxylic acids is 1. The van der Waals surface area contributed by atoms with Crippen molar-refractivity contribution in [2.45, 2.75) is 19.1 Å². The molecule has 3 heteroatoms. The standard InChI is InChI=1S/C12H12O3/c1-8-7-15-12(11(14)10(8)13)9-5-3-2-4-6-9/h2-7,11-12,14H,1H3/t11?,12-/m1/s1. The highest BCUT2D eigenvalue weighted by atomic mass is 16.5. The molecular weight excluding hydrogens is 192 g/mol. The highest BCUT2D eigenvalue weighted by molar-refractivity contribution is 5.99. The molecule has 0 fully saturated rings. The molecule has 1 aliphatic heterocycles. The van der Waals surface area contributed by atoms with Crippen molar-refractivity contribution in [3.63, 3.8) is 0 Å². The zero-order chi connectivity index (χ0) is 10.8. The van der Waals surface area contributed by atoms with Crippen LogP contribution in [0.5, 0.6) is 0 Å². The Bertz CT molecular complexity index is 395. The Morgan fingerprint density at radius 1 is 1.27 bits per heavy atom. The zero-order valence-electron chi connectivity index (χ0n) is 8.38. The lowest BCUT2D eigenvalue weighted by molar-refractivity contribution is -0.132. The molecule has 2 rings (SSSR count). The average molecular weight is 204 g/mol. The number of aliphatic hydroxyl groups is 1. The van der Waals surface area contributed by atoms with Gasteiger partial charge < -0.3 is 9.84 Å². The van der Waals surface area contributed by atoms with Crippen LogP contribution in [0.4, 0.5) is 0 Å². The Balaban J connectivity index is 2.30. The normalized spacial score (nSPS) is 25.7. The predicted octanol–water partition coefficient (Wildman–Crippen LogP) is 1.59. The number of ketones is 1. The highest BCUT2D eigenvalue weighted by Gasteiger charge is 2.32. The van der Waals surface area contributed by atoms with Gasteiger partial charge in [0.05, 0.1) is 6.26 Å². The van der Waals surface area contributed by atoms with Crippen molar-refractivity contribution < 1.29 is 14.6 Å². The van der Waals surface area contributed by atoms with E-state index < -0.39 is 12.2 Å². The van der Waals surface area contributed by atoms with Crippen LogP contribution in [0.2, 0.25) is 0 Å². The van der Waals surface area contributed by atoms with Crippen LogP contribution in [0, 0.1) is 0 Å². The first-order valence-electron chi connectivity index (χ1n) is 4.79. The Labute approximate surface area is 88.0 Å². The molecule has 1 aromatic carbocycles. The minimum absolute atomic E-state index is 0.268. The average Bonchev–Trinajstić information content (AvgIpc) is 2.27. The lowest BCUT2D eigenvalue weighted by Gasteiger charge is -2.26. The summed E-state index contributed by atoms with van der Waals surface area (Å²) < 4.78 is 5.33. The molecule has 1 unspecified atom stereocenters. The van der Waals surface area contributed by atoms with Crippen molar-refractivity contribution in [3.8, 4) is 0 Å². The van der Waals surface area contributed by atoms with E-state index in [2.05, 4.69) is 0 Å². The molecular formula is C12H12O3. The van der Waals surface area contributed by atoms with Crippen molar-refractivity contribution in [2.75, 3.05) is 0 Å². The van der Waals surface area contributed by atoms with Gasteiger partial charge in [0.2, 0.25) is 0 Å². The van der Waals surface area contributed by atoms with Crippen LogP contribution in [0.25, 0.3) is 0 Å². The molecule has 0 saturated carbocycles. The quantitative estimate of drug-likeness (QED) is 0.755. The number of Topliss-reactive ketones (excluding diaryl/α,β-unsaturated/α-hetero) is 1. The molecule has 0 spiro atoms. The number of carbonyl (C=O) groups is 1. The molecule has 0 radical (unpaired) electrons. The molecule has 1 heterocycles. The van der Waals surface area contributed by atoms with E-state index in [9.17, 15) is 9.90 Å². The second-order valence-corrected chi connectivity index (χ2v) is 3.58. The Kier molecular flexibility index (Phi) is 2.56. The first-order valence-corrected chi connectivity index (χ1v) is 4.79. The maximum absolute atomic E-state index is 11.5. The van der Waals surface area contributed by atoms with Crippen LogP contribution in [-0.2, 0) is 9.53 Å². The lowest BCUT2D eigenvalue weighted by Crippen LogP contribution is -2.33. The van der Waals surface area contributed by atoms with Crippen LogP contribution in [0.3, 0.4) is 0 Å². The summed E-state index contributed by atoms with van der Waals surface area (Å²) >= 11 is 0. The van der Waals surface area contributed by atoms with Crippen molar-refractivity contribution in [1.29, 1.82) is 0 Å². The van der Waals surface area contributed by atoms with E-state index in [0.29, 0.717) is 5.57 Å². The number of hydrogen-bond acceptors (Lipinski definition) is 3. The number of aliphatic hydroxyl groups excluding tert-OH is 1. The van der Waals surface area contributed by atoms with Gasteiger partial charge in [-0.2, -0.15) is 0 Å². The minimum Gasteiger partial charge on any atom is -0.490 e. The summed E-state index contributed by atoms with van der Waals surface area (Å²) in [6.07, 6.45) is -0.271. The molecule has 78 valence electrons. The molecule has 3 nitrogen and oxygen atoms in total. The van der Waals surface area contributed by atoms with Crippen LogP contribution >= 0.6 is 0 Å². The first kappa shape index (κ1) is 9.93. The van der Waals surface area contributed by atoms with E-state index in [4.69, 9.17) is 4.74 Å². The van der Waals surface area contributed by atoms with Gasteiger partial charge >= 0.3 is 0 Å². The Hall–Kier alpha value is -1.61. The molecule has 0 aliphatic carbocycles. The largest absolute Gasteiger partial charge is 0.490 e. The third-order valence-electron chi connectivity index (χ3n) is 2.46. The summed E-state index contributed by atoms with van der Waals surface area (Å²) in [7, 11) is 0. The summed E-state index contributed by atoms with van der Waals surface area (Å²) in [6.45, 7) is 1.63. The minimum atomic E-state index is -1.10. The SMILES string of the molecule is CC1=CO[C@H](c2ccccc2)C(O)C1=O. The monoisotopic (exact) mass is 204 g/mol. The van der Waals surface area contributed by atoms with Gasteiger partial charge in [0.15, 0.2) is 18.0 Å². The Morgan fingerprint density at radius 2 is 1.93 bits per heavy atom. The maximum Gasteiger partial charge on any atom is 0.194 e. The predicted molar refractivity (Wildman–Crippen MR) is 55.0 cm³/mol. The van der Waals surface area contributed by atoms with Gasteiger partial charge in [-0.1, -0.05) is 30.3 Å². The van der Waals surface area contributed by atoms with Crippen LogP contribution < -0.4 is 0 Å². The summed E-state index contributed by atoms with van der Waals surface area (Å²) in [5, 5.41) is 9.75. The molecule has 1 N–H and O–H groups in total. The van der Waals surface area contributed by atoms with Crippen LogP contribution in [0.1, 0.15) is 18.6 Å². The highest BCUT2D eigenvalue weighted by Crippen LogP contribution is 2.27. The molecule has 15 heavy (non-hydrogen) atoms. The summed E-state index contributed by atoms with van der Waals surface area (Å²) in [5.41, 5.74) is 1.26. The van der Waals surface area contributed by atoms with Crippen molar-refractivity contribution >= 4 is 5.78 Å². The summed E-state index contributed by atoms with van der Waals surface area (Å²) in [4.78, 5) is 11.5. The summed E-state index contributed by atoms with van der Waals surface area (Å²) in [6, 6.07) is 9.23. The molecule has 0 bridgehead atoms. The van der Waals surface area contributed by atoms with Gasteiger partial charge in [-0.15, -0.1) is 0 Å². The van der Waals surface area contributed by atoms with Gasteiger partial charge in [-0.3, -0.25) is 4.79 Å². The van der Waals surface area contributed by atoms with Gasteiger partial charge in [0, 0.05) is 5.57 Å². The molecule has 0 amide bonds. The molecule has 1 aromatic rings. The number of benzene rings is 1. The molecule has 0 saturated heterocycles. The third-order valence-corrected chi connectivity index (χ3v) is 2.46. The van der Waals surface area contributed by atoms with Gasteiger partial charge in [0.25, 0.3) is 0 Å². The van der Waals surface area contributed by atoms with Crippen molar-refractivity contribution in [2.24, 2.45) is 0 Å². The van der Waals surface area contributed by atoms with Crippen LogP contribution in [-0.4, -0.2) is 17.0 Å². The van der Waals surface area contributed by atoms with Gasteiger partial charge in [0.1, 0.15) is 0 Å². The lowest BCUT2D eigenvalue weighted by atomic mass is 9.96. The number of hydrogen-bond donors (Lipinski definition) is 1. The second kappa shape index (κ2) is 3.87. The fourth-order valence-corrected chi connectivity index (χ4v) is 1.58. The third kappa shape index (κ3) is 1.78. The molecule has 2 atom stereocenters. The van der Waals surface area contributed by atoms with E-state index in [1.807, 2.05) is 30.3 Å². The fraction of sp³-hybridized carbons (Fsp3) is 0.250. The topological polar surface area (TPSA) is 46.5 Å².